The van der Waals surface area contributed by atoms with E-state index in [9.17, 15) is 23.1 Å². The lowest BCUT2D eigenvalue weighted by Crippen LogP contribution is -2.17. The number of hydrogen-bond donors (Lipinski definition) is 3. The van der Waals surface area contributed by atoms with Crippen molar-refractivity contribution in [2.24, 2.45) is 0 Å². The first-order valence-corrected chi connectivity index (χ1v) is 11.6. The van der Waals surface area contributed by atoms with Crippen LogP contribution in [0, 0.1) is 0 Å². The van der Waals surface area contributed by atoms with Crippen molar-refractivity contribution in [3.05, 3.63) is 101 Å². The number of sulfonamides is 1. The second-order valence-corrected chi connectivity index (χ2v) is 9.17. The average molecular weight is 481 g/mol. The minimum absolute atomic E-state index is 0.0547. The number of rotatable bonds is 6. The molecule has 0 fully saturated rings. The van der Waals surface area contributed by atoms with E-state index in [0.717, 1.165) is 0 Å². The molecule has 9 heteroatoms. The number of carbonyl (C=O) groups excluding carboxylic acids is 1. The molecule has 0 radical (unpaired) electrons. The number of fused-ring (bicyclic) bond motifs is 1. The van der Waals surface area contributed by atoms with Gasteiger partial charge in [0.1, 0.15) is 0 Å². The predicted molar refractivity (Wildman–Crippen MR) is 128 cm³/mol. The summed E-state index contributed by atoms with van der Waals surface area (Å²) < 4.78 is 28.7. The lowest BCUT2D eigenvalue weighted by molar-refractivity contribution is 0.0698. The summed E-state index contributed by atoms with van der Waals surface area (Å²) in [5, 5.41) is 13.6. The third-order valence-corrected chi connectivity index (χ3v) is 6.62. The maximum absolute atomic E-state index is 13.1. The van der Waals surface area contributed by atoms with Crippen LogP contribution >= 0.6 is 11.6 Å². The van der Waals surface area contributed by atoms with Gasteiger partial charge in [-0.15, -0.1) is 0 Å². The number of carboxylic acids is 1. The smallest absolute Gasteiger partial charge is 0.337 e. The Morgan fingerprint density at radius 1 is 0.788 bits per heavy atom. The van der Waals surface area contributed by atoms with Crippen LogP contribution in [0.5, 0.6) is 0 Å². The molecule has 4 aromatic carbocycles. The molecular formula is C24H17ClN2O5S. The summed E-state index contributed by atoms with van der Waals surface area (Å²) in [5.74, 6) is -1.83. The summed E-state index contributed by atoms with van der Waals surface area (Å²) in [6.07, 6.45) is 0. The van der Waals surface area contributed by atoms with Crippen molar-refractivity contribution in [3.63, 3.8) is 0 Å². The molecule has 33 heavy (non-hydrogen) atoms. The highest BCUT2D eigenvalue weighted by Crippen LogP contribution is 2.31. The second kappa shape index (κ2) is 8.93. The first-order valence-electron chi connectivity index (χ1n) is 9.70. The molecule has 0 aromatic heterocycles. The number of anilines is 2. The highest BCUT2D eigenvalue weighted by atomic mass is 35.5. The molecule has 0 spiro atoms. The predicted octanol–water partition coefficient (Wildman–Crippen LogP) is 5.24. The highest BCUT2D eigenvalue weighted by Gasteiger charge is 2.19. The first kappa shape index (κ1) is 22.3. The molecule has 0 aliphatic rings. The van der Waals surface area contributed by atoms with Gasteiger partial charge in [-0.3, -0.25) is 9.52 Å². The molecule has 0 heterocycles. The van der Waals surface area contributed by atoms with Gasteiger partial charge >= 0.3 is 5.97 Å². The van der Waals surface area contributed by atoms with E-state index >= 15 is 0 Å². The van der Waals surface area contributed by atoms with Crippen LogP contribution in [-0.2, 0) is 10.0 Å². The molecule has 166 valence electrons. The molecule has 0 bridgehead atoms. The van der Waals surface area contributed by atoms with E-state index in [1.165, 1.54) is 36.4 Å². The van der Waals surface area contributed by atoms with Crippen LogP contribution in [0.1, 0.15) is 20.7 Å². The van der Waals surface area contributed by atoms with Crippen molar-refractivity contribution in [1.82, 2.24) is 0 Å². The van der Waals surface area contributed by atoms with Gasteiger partial charge in [0.05, 0.1) is 21.8 Å². The molecular weight excluding hydrogens is 464 g/mol. The molecule has 3 N–H and O–H groups in total. The minimum Gasteiger partial charge on any atom is -0.478 e. The topological polar surface area (TPSA) is 113 Å². The SMILES string of the molecule is O=C(Nc1ccccc1C(=O)O)c1cccc(S(=O)(=O)Nc2ccc(Cl)c3ccccc23)c1. The van der Waals surface area contributed by atoms with Crippen molar-refractivity contribution < 1.29 is 23.1 Å². The van der Waals surface area contributed by atoms with Gasteiger partial charge in [-0.25, -0.2) is 13.2 Å². The van der Waals surface area contributed by atoms with Crippen LogP contribution < -0.4 is 10.0 Å². The summed E-state index contributed by atoms with van der Waals surface area (Å²) in [5.41, 5.74) is 0.430. The van der Waals surface area contributed by atoms with Crippen LogP contribution in [0.2, 0.25) is 5.02 Å². The van der Waals surface area contributed by atoms with Gasteiger partial charge in [0, 0.05) is 21.4 Å². The standard InChI is InChI=1S/C24H17ClN2O5S/c25-20-12-13-22(18-9-2-1-8-17(18)20)27-33(31,32)16-7-5-6-15(14-16)23(28)26-21-11-4-3-10-19(21)24(29)30/h1-14,27H,(H,26,28)(H,29,30). The van der Waals surface area contributed by atoms with Gasteiger partial charge < -0.3 is 10.4 Å². The Balaban J connectivity index is 1.63. The Kier molecular flexibility index (Phi) is 6.04. The number of para-hydroxylation sites is 1. The van der Waals surface area contributed by atoms with Crippen LogP contribution in [0.25, 0.3) is 10.8 Å². The fourth-order valence-electron chi connectivity index (χ4n) is 3.33. The number of nitrogens with one attached hydrogen (secondary N) is 2. The molecule has 4 rings (SSSR count). The van der Waals surface area contributed by atoms with Crippen molar-refractivity contribution in [3.8, 4) is 0 Å². The lowest BCUT2D eigenvalue weighted by Gasteiger charge is -2.13. The quantitative estimate of drug-likeness (QED) is 0.349. The fourth-order valence-corrected chi connectivity index (χ4v) is 4.69. The van der Waals surface area contributed by atoms with E-state index in [2.05, 4.69) is 10.0 Å². The molecule has 0 unspecified atom stereocenters. The van der Waals surface area contributed by atoms with E-state index in [4.69, 9.17) is 11.6 Å². The Hall–Kier alpha value is -3.88. The van der Waals surface area contributed by atoms with E-state index in [-0.39, 0.29) is 21.7 Å². The van der Waals surface area contributed by atoms with Gasteiger partial charge in [0.2, 0.25) is 0 Å². The summed E-state index contributed by atoms with van der Waals surface area (Å²) in [6, 6.07) is 21.7. The number of carboxylic acid groups (broad SMARTS) is 1. The van der Waals surface area contributed by atoms with Crippen molar-refractivity contribution in [1.29, 1.82) is 0 Å². The molecule has 0 atom stereocenters. The monoisotopic (exact) mass is 480 g/mol. The zero-order valence-electron chi connectivity index (χ0n) is 16.9. The summed E-state index contributed by atoms with van der Waals surface area (Å²) in [7, 11) is -4.04. The number of halogens is 1. The van der Waals surface area contributed by atoms with Crippen LogP contribution in [0.4, 0.5) is 11.4 Å². The zero-order valence-corrected chi connectivity index (χ0v) is 18.5. The molecule has 0 aliphatic heterocycles. The van der Waals surface area contributed by atoms with Gasteiger partial charge in [0.25, 0.3) is 15.9 Å². The third kappa shape index (κ3) is 4.67. The first-order chi connectivity index (χ1) is 15.8. The van der Waals surface area contributed by atoms with Gasteiger partial charge in [0.15, 0.2) is 0 Å². The van der Waals surface area contributed by atoms with Gasteiger partial charge in [-0.05, 0) is 42.5 Å². The normalized spacial score (nSPS) is 11.2. The second-order valence-electron chi connectivity index (χ2n) is 7.08. The molecule has 0 aliphatic carbocycles. The maximum atomic E-state index is 13.1. The average Bonchev–Trinajstić information content (AvgIpc) is 2.81. The van der Waals surface area contributed by atoms with E-state index < -0.39 is 21.9 Å². The van der Waals surface area contributed by atoms with Gasteiger partial charge in [-0.1, -0.05) is 54.1 Å². The van der Waals surface area contributed by atoms with Crippen molar-refractivity contribution in [2.75, 3.05) is 10.0 Å². The molecule has 0 saturated heterocycles. The number of carbonyl (C=O) groups is 2. The maximum Gasteiger partial charge on any atom is 0.337 e. The Morgan fingerprint density at radius 3 is 2.24 bits per heavy atom. The molecule has 4 aromatic rings. The zero-order chi connectivity index (χ0) is 23.6. The van der Waals surface area contributed by atoms with E-state index in [1.807, 2.05) is 0 Å². The van der Waals surface area contributed by atoms with E-state index in [0.29, 0.717) is 21.5 Å². The van der Waals surface area contributed by atoms with Crippen LogP contribution in [0.15, 0.2) is 89.8 Å². The lowest BCUT2D eigenvalue weighted by atomic mass is 10.1. The van der Waals surface area contributed by atoms with Crippen molar-refractivity contribution >= 4 is 55.6 Å². The number of hydrogen-bond acceptors (Lipinski definition) is 4. The number of amides is 1. The molecule has 0 saturated carbocycles. The number of benzene rings is 4. The van der Waals surface area contributed by atoms with Gasteiger partial charge in [-0.2, -0.15) is 0 Å². The number of aromatic carboxylic acids is 1. The summed E-state index contributed by atoms with van der Waals surface area (Å²) in [6.45, 7) is 0. The Labute approximate surface area is 194 Å². The highest BCUT2D eigenvalue weighted by molar-refractivity contribution is 7.92. The third-order valence-electron chi connectivity index (χ3n) is 4.93. The largest absolute Gasteiger partial charge is 0.478 e. The Bertz CT molecular complexity index is 1500. The molecule has 1 amide bonds. The summed E-state index contributed by atoms with van der Waals surface area (Å²) in [4.78, 5) is 23.9. The summed E-state index contributed by atoms with van der Waals surface area (Å²) >= 11 is 6.21. The molecule has 7 nitrogen and oxygen atoms in total. The van der Waals surface area contributed by atoms with Crippen LogP contribution in [-0.4, -0.2) is 25.4 Å². The minimum atomic E-state index is -4.04. The van der Waals surface area contributed by atoms with Crippen LogP contribution in [0.3, 0.4) is 0 Å². The fraction of sp³-hybridized carbons (Fsp3) is 0. The Morgan fingerprint density at radius 2 is 1.48 bits per heavy atom. The van der Waals surface area contributed by atoms with Crippen molar-refractivity contribution in [2.45, 2.75) is 4.90 Å². The van der Waals surface area contributed by atoms with E-state index in [1.54, 1.807) is 48.5 Å².